The monoisotopic (exact) mass is 264 g/mol. The highest BCUT2D eigenvalue weighted by Gasteiger charge is 2.23. The molecule has 0 aromatic heterocycles. The smallest absolute Gasteiger partial charge is 0.123 e. The number of hydrogen-bond acceptors (Lipinski definition) is 1. The van der Waals surface area contributed by atoms with E-state index in [2.05, 4.69) is 0 Å². The average molecular weight is 265 g/mol. The van der Waals surface area contributed by atoms with Gasteiger partial charge in [-0.05, 0) is 42.3 Å². The molecule has 1 N–H and O–H groups in total. The van der Waals surface area contributed by atoms with E-state index in [-0.39, 0.29) is 5.82 Å². The molecule has 18 heavy (non-hydrogen) atoms. The van der Waals surface area contributed by atoms with E-state index in [1.807, 2.05) is 12.1 Å². The summed E-state index contributed by atoms with van der Waals surface area (Å²) in [6.07, 6.45) is 0.454. The summed E-state index contributed by atoms with van der Waals surface area (Å²) in [7, 11) is 0. The van der Waals surface area contributed by atoms with Gasteiger partial charge in [0.1, 0.15) is 5.82 Å². The van der Waals surface area contributed by atoms with Crippen LogP contribution in [0.25, 0.3) is 0 Å². The van der Waals surface area contributed by atoms with Crippen LogP contribution in [0.5, 0.6) is 0 Å². The van der Waals surface area contributed by atoms with Crippen molar-refractivity contribution in [1.82, 2.24) is 0 Å². The molecular formula is C15H14ClFO. The van der Waals surface area contributed by atoms with Crippen LogP contribution in [0.3, 0.4) is 0 Å². The molecular weight excluding hydrogens is 251 g/mol. The molecule has 1 nitrogen and oxygen atoms in total. The Labute approximate surface area is 111 Å². The van der Waals surface area contributed by atoms with E-state index in [0.717, 1.165) is 5.56 Å². The molecule has 0 heterocycles. The number of benzene rings is 2. The van der Waals surface area contributed by atoms with Gasteiger partial charge < -0.3 is 5.11 Å². The van der Waals surface area contributed by atoms with E-state index in [1.54, 1.807) is 31.2 Å². The van der Waals surface area contributed by atoms with Crippen molar-refractivity contribution in [1.29, 1.82) is 0 Å². The van der Waals surface area contributed by atoms with Crippen molar-refractivity contribution in [3.8, 4) is 0 Å². The van der Waals surface area contributed by atoms with Crippen LogP contribution in [-0.2, 0) is 12.0 Å². The third kappa shape index (κ3) is 3.09. The molecule has 0 aliphatic rings. The van der Waals surface area contributed by atoms with Gasteiger partial charge in [0.15, 0.2) is 0 Å². The van der Waals surface area contributed by atoms with Gasteiger partial charge in [-0.15, -0.1) is 0 Å². The lowest BCUT2D eigenvalue weighted by Crippen LogP contribution is -2.24. The number of aliphatic hydroxyl groups is 1. The van der Waals surface area contributed by atoms with Gasteiger partial charge in [-0.3, -0.25) is 0 Å². The van der Waals surface area contributed by atoms with Crippen molar-refractivity contribution < 1.29 is 9.50 Å². The molecule has 0 aliphatic carbocycles. The lowest BCUT2D eigenvalue weighted by atomic mass is 9.89. The topological polar surface area (TPSA) is 20.2 Å². The van der Waals surface area contributed by atoms with E-state index in [1.165, 1.54) is 12.1 Å². The minimum Gasteiger partial charge on any atom is -0.385 e. The molecule has 0 spiro atoms. The number of halogens is 2. The fourth-order valence-electron chi connectivity index (χ4n) is 1.91. The van der Waals surface area contributed by atoms with Gasteiger partial charge in [0.25, 0.3) is 0 Å². The summed E-state index contributed by atoms with van der Waals surface area (Å²) < 4.78 is 12.8. The Morgan fingerprint density at radius 2 is 1.61 bits per heavy atom. The molecule has 1 unspecified atom stereocenters. The van der Waals surface area contributed by atoms with Crippen LogP contribution in [-0.4, -0.2) is 5.11 Å². The molecule has 0 radical (unpaired) electrons. The molecule has 2 aromatic carbocycles. The largest absolute Gasteiger partial charge is 0.385 e. The molecule has 0 bridgehead atoms. The molecule has 2 rings (SSSR count). The van der Waals surface area contributed by atoms with Crippen molar-refractivity contribution in [3.05, 3.63) is 70.5 Å². The summed E-state index contributed by atoms with van der Waals surface area (Å²) in [5.74, 6) is -0.305. The molecule has 0 fully saturated rings. The van der Waals surface area contributed by atoms with Gasteiger partial charge in [0.2, 0.25) is 0 Å². The second-order valence-electron chi connectivity index (χ2n) is 4.58. The molecule has 94 valence electrons. The van der Waals surface area contributed by atoms with Crippen LogP contribution in [0.1, 0.15) is 18.1 Å². The molecule has 0 amide bonds. The molecule has 3 heteroatoms. The first-order chi connectivity index (χ1) is 8.47. The van der Waals surface area contributed by atoms with Crippen molar-refractivity contribution in [3.63, 3.8) is 0 Å². The molecule has 0 aliphatic heterocycles. The summed E-state index contributed by atoms with van der Waals surface area (Å²) in [5, 5.41) is 11.1. The van der Waals surface area contributed by atoms with Crippen LogP contribution in [0.4, 0.5) is 4.39 Å². The molecule has 1 atom stereocenters. The average Bonchev–Trinajstić information content (AvgIpc) is 2.32. The Balaban J connectivity index is 2.20. The first-order valence-corrected chi connectivity index (χ1v) is 6.08. The summed E-state index contributed by atoms with van der Waals surface area (Å²) in [6, 6.07) is 13.2. The molecule has 0 saturated heterocycles. The van der Waals surface area contributed by atoms with Gasteiger partial charge in [-0.2, -0.15) is 0 Å². The van der Waals surface area contributed by atoms with Crippen molar-refractivity contribution in [2.45, 2.75) is 18.9 Å². The van der Waals surface area contributed by atoms with Crippen LogP contribution in [0, 0.1) is 5.82 Å². The standard InChI is InChI=1S/C15H14ClFO/c1-15(18,12-4-8-14(17)9-5-12)10-11-2-6-13(16)7-3-11/h2-9,18H,10H2,1H3. The molecule has 0 saturated carbocycles. The predicted octanol–water partition coefficient (Wildman–Crippen LogP) is 3.93. The number of hydrogen-bond donors (Lipinski definition) is 1. The van der Waals surface area contributed by atoms with Crippen LogP contribution < -0.4 is 0 Å². The van der Waals surface area contributed by atoms with Gasteiger partial charge in [-0.25, -0.2) is 4.39 Å². The Kier molecular flexibility index (Phi) is 3.69. The zero-order valence-electron chi connectivity index (χ0n) is 10.0. The predicted molar refractivity (Wildman–Crippen MR) is 71.1 cm³/mol. The van der Waals surface area contributed by atoms with E-state index >= 15 is 0 Å². The Hall–Kier alpha value is -1.38. The van der Waals surface area contributed by atoms with Crippen LogP contribution in [0.2, 0.25) is 5.02 Å². The minimum absolute atomic E-state index is 0.305. The maximum absolute atomic E-state index is 12.8. The summed E-state index contributed by atoms with van der Waals surface area (Å²) in [6.45, 7) is 1.72. The first-order valence-electron chi connectivity index (χ1n) is 5.70. The summed E-state index contributed by atoms with van der Waals surface area (Å²) >= 11 is 5.81. The van der Waals surface area contributed by atoms with E-state index < -0.39 is 5.60 Å². The Bertz CT molecular complexity index is 517. The summed E-state index contributed by atoms with van der Waals surface area (Å²) in [5.41, 5.74) is 0.647. The highest BCUT2D eigenvalue weighted by molar-refractivity contribution is 6.30. The normalized spacial score (nSPS) is 14.2. The van der Waals surface area contributed by atoms with Gasteiger partial charge in [-0.1, -0.05) is 35.9 Å². The SMILES string of the molecule is CC(O)(Cc1ccc(Cl)cc1)c1ccc(F)cc1. The van der Waals surface area contributed by atoms with Crippen LogP contribution in [0.15, 0.2) is 48.5 Å². The fraction of sp³-hybridized carbons (Fsp3) is 0.200. The van der Waals surface area contributed by atoms with E-state index in [0.29, 0.717) is 17.0 Å². The Morgan fingerprint density at radius 1 is 1.06 bits per heavy atom. The second-order valence-corrected chi connectivity index (χ2v) is 5.02. The maximum Gasteiger partial charge on any atom is 0.123 e. The van der Waals surface area contributed by atoms with Crippen molar-refractivity contribution in [2.75, 3.05) is 0 Å². The lowest BCUT2D eigenvalue weighted by molar-refractivity contribution is 0.0575. The third-order valence-corrected chi connectivity index (χ3v) is 3.18. The quantitative estimate of drug-likeness (QED) is 0.891. The summed E-state index contributed by atoms with van der Waals surface area (Å²) in [4.78, 5) is 0. The van der Waals surface area contributed by atoms with Crippen LogP contribution >= 0.6 is 11.6 Å². The zero-order chi connectivity index (χ0) is 13.2. The van der Waals surface area contributed by atoms with Gasteiger partial charge in [0.05, 0.1) is 5.60 Å². The van der Waals surface area contributed by atoms with Gasteiger partial charge in [0, 0.05) is 11.4 Å². The lowest BCUT2D eigenvalue weighted by Gasteiger charge is -2.24. The maximum atomic E-state index is 12.8. The highest BCUT2D eigenvalue weighted by Crippen LogP contribution is 2.26. The van der Waals surface area contributed by atoms with Crippen molar-refractivity contribution in [2.24, 2.45) is 0 Å². The van der Waals surface area contributed by atoms with Crippen molar-refractivity contribution >= 4 is 11.6 Å². The molecule has 2 aromatic rings. The first kappa shape index (κ1) is 13.1. The fourth-order valence-corrected chi connectivity index (χ4v) is 2.04. The Morgan fingerprint density at radius 3 is 2.17 bits per heavy atom. The van der Waals surface area contributed by atoms with E-state index in [4.69, 9.17) is 11.6 Å². The minimum atomic E-state index is -1.03. The second kappa shape index (κ2) is 5.09. The highest BCUT2D eigenvalue weighted by atomic mass is 35.5. The van der Waals surface area contributed by atoms with E-state index in [9.17, 15) is 9.50 Å². The zero-order valence-corrected chi connectivity index (χ0v) is 10.8. The van der Waals surface area contributed by atoms with Gasteiger partial charge >= 0.3 is 0 Å². The number of rotatable bonds is 3. The third-order valence-electron chi connectivity index (χ3n) is 2.93.